The Balaban J connectivity index is 1.97. The maximum absolute atomic E-state index is 12.5. The van der Waals surface area contributed by atoms with Gasteiger partial charge in [0.25, 0.3) is 5.91 Å². The lowest BCUT2D eigenvalue weighted by Crippen LogP contribution is -2.44. The van der Waals surface area contributed by atoms with Gasteiger partial charge in [-0.1, -0.05) is 0 Å². The predicted molar refractivity (Wildman–Crippen MR) is 74.9 cm³/mol. The van der Waals surface area contributed by atoms with E-state index in [9.17, 15) is 13.2 Å². The van der Waals surface area contributed by atoms with Crippen molar-refractivity contribution >= 4 is 15.7 Å². The van der Waals surface area contributed by atoms with E-state index in [1.807, 2.05) is 0 Å². The van der Waals surface area contributed by atoms with Crippen LogP contribution in [-0.4, -0.2) is 65.6 Å². The number of hydrogen-bond acceptors (Lipinski definition) is 6. The molecule has 0 unspecified atom stereocenters. The zero-order chi connectivity index (χ0) is 15.7. The van der Waals surface area contributed by atoms with E-state index in [-0.39, 0.29) is 17.4 Å². The molecule has 1 atom stereocenters. The number of carbonyl (C=O) groups excluding carboxylic acids is 1. The Morgan fingerprint density at radius 3 is 2.91 bits per heavy atom. The van der Waals surface area contributed by atoms with E-state index in [0.29, 0.717) is 24.5 Å². The van der Waals surface area contributed by atoms with E-state index >= 15 is 0 Å². The Hall–Kier alpha value is -2.20. The lowest BCUT2D eigenvalue weighted by Gasteiger charge is -2.35. The molecule has 2 aromatic rings. The average Bonchev–Trinajstić information content (AvgIpc) is 3.17. The van der Waals surface area contributed by atoms with Crippen LogP contribution in [0.25, 0.3) is 0 Å². The van der Waals surface area contributed by atoms with Gasteiger partial charge in [-0.05, 0) is 6.07 Å². The topological polar surface area (TPSA) is 121 Å². The van der Waals surface area contributed by atoms with Crippen LogP contribution in [0.3, 0.4) is 0 Å². The van der Waals surface area contributed by atoms with Crippen LogP contribution in [0, 0.1) is 0 Å². The molecular formula is C12H15N5O4S. The fraction of sp³-hybridized carbons (Fsp3) is 0.417. The highest BCUT2D eigenvalue weighted by Gasteiger charge is 2.34. The van der Waals surface area contributed by atoms with Gasteiger partial charge in [-0.25, -0.2) is 8.42 Å². The number of ether oxygens (including phenoxy) is 1. The lowest BCUT2D eigenvalue weighted by molar-refractivity contribution is -0.00499. The van der Waals surface area contributed by atoms with Crippen LogP contribution in [0.1, 0.15) is 22.2 Å². The van der Waals surface area contributed by atoms with Crippen molar-refractivity contribution in [3.05, 3.63) is 29.8 Å². The van der Waals surface area contributed by atoms with Crippen LogP contribution in [0.15, 0.2) is 23.4 Å². The number of sulfone groups is 1. The fourth-order valence-corrected chi connectivity index (χ4v) is 3.26. The standard InChI is InChI=1S/C12H15N5O4S/c1-22(19,20)10-6-14-16-11(10)9-7-21-5-4-17(9)12(18)8-2-3-13-15-8/h2-3,6,9H,4-5,7H2,1H3,(H,13,15)(H,14,16)/t9-/m0/s1. The zero-order valence-corrected chi connectivity index (χ0v) is 12.6. The molecule has 118 valence electrons. The molecule has 22 heavy (non-hydrogen) atoms. The third kappa shape index (κ3) is 2.62. The van der Waals surface area contributed by atoms with Gasteiger partial charge in [0.05, 0.1) is 31.1 Å². The minimum absolute atomic E-state index is 0.0745. The lowest BCUT2D eigenvalue weighted by atomic mass is 10.1. The summed E-state index contributed by atoms with van der Waals surface area (Å²) in [5.41, 5.74) is 0.697. The largest absolute Gasteiger partial charge is 0.377 e. The molecule has 0 aromatic carbocycles. The van der Waals surface area contributed by atoms with Crippen LogP contribution in [0.4, 0.5) is 0 Å². The molecule has 3 rings (SSSR count). The van der Waals surface area contributed by atoms with E-state index < -0.39 is 15.9 Å². The molecule has 1 aliphatic rings. The fourth-order valence-electron chi connectivity index (χ4n) is 2.43. The molecule has 2 N–H and O–H groups in total. The minimum Gasteiger partial charge on any atom is -0.377 e. The van der Waals surface area contributed by atoms with Crippen LogP contribution < -0.4 is 0 Å². The Bertz CT molecular complexity index is 767. The molecule has 0 saturated carbocycles. The molecule has 2 aromatic heterocycles. The Morgan fingerprint density at radius 1 is 1.41 bits per heavy atom. The molecule has 0 aliphatic carbocycles. The molecular weight excluding hydrogens is 310 g/mol. The molecule has 0 radical (unpaired) electrons. The number of nitrogens with one attached hydrogen (secondary N) is 2. The van der Waals surface area contributed by atoms with Gasteiger partial charge in [0.2, 0.25) is 0 Å². The molecule has 3 heterocycles. The van der Waals surface area contributed by atoms with Gasteiger partial charge in [-0.3, -0.25) is 15.0 Å². The SMILES string of the molecule is CS(=O)(=O)c1cn[nH]c1[C@@H]1COCCN1C(=O)c1ccn[nH]1. The number of rotatable bonds is 3. The van der Waals surface area contributed by atoms with Crippen molar-refractivity contribution in [3.8, 4) is 0 Å². The second-order valence-electron chi connectivity index (χ2n) is 4.98. The summed E-state index contributed by atoms with van der Waals surface area (Å²) in [6, 6.07) is 1.02. The number of aromatic amines is 2. The molecule has 10 heteroatoms. The smallest absolute Gasteiger partial charge is 0.272 e. The van der Waals surface area contributed by atoms with Crippen molar-refractivity contribution in [3.63, 3.8) is 0 Å². The summed E-state index contributed by atoms with van der Waals surface area (Å²) >= 11 is 0. The van der Waals surface area contributed by atoms with Crippen LogP contribution in [0.2, 0.25) is 0 Å². The third-order valence-electron chi connectivity index (χ3n) is 3.49. The van der Waals surface area contributed by atoms with E-state index in [4.69, 9.17) is 4.74 Å². The summed E-state index contributed by atoms with van der Waals surface area (Å²) in [4.78, 5) is 14.2. The van der Waals surface area contributed by atoms with E-state index in [2.05, 4.69) is 20.4 Å². The Kier molecular flexibility index (Phi) is 3.71. The highest BCUT2D eigenvalue weighted by molar-refractivity contribution is 7.90. The number of hydrogen-bond donors (Lipinski definition) is 2. The van der Waals surface area contributed by atoms with Crippen molar-refractivity contribution < 1.29 is 17.9 Å². The minimum atomic E-state index is -3.45. The average molecular weight is 325 g/mol. The van der Waals surface area contributed by atoms with Gasteiger partial charge in [-0.15, -0.1) is 0 Å². The summed E-state index contributed by atoms with van der Waals surface area (Å²) in [5.74, 6) is -0.264. The summed E-state index contributed by atoms with van der Waals surface area (Å²) in [5, 5.41) is 12.9. The summed E-state index contributed by atoms with van der Waals surface area (Å²) in [6.07, 6.45) is 3.84. The first-order valence-electron chi connectivity index (χ1n) is 6.60. The van der Waals surface area contributed by atoms with Crippen LogP contribution >= 0.6 is 0 Å². The maximum Gasteiger partial charge on any atom is 0.272 e. The maximum atomic E-state index is 12.5. The highest BCUT2D eigenvalue weighted by atomic mass is 32.2. The molecule has 0 spiro atoms. The number of amides is 1. The van der Waals surface area contributed by atoms with Gasteiger partial charge in [-0.2, -0.15) is 10.2 Å². The molecule has 0 bridgehead atoms. The van der Waals surface area contributed by atoms with Crippen molar-refractivity contribution in [2.24, 2.45) is 0 Å². The first-order chi connectivity index (χ1) is 10.5. The van der Waals surface area contributed by atoms with Crippen molar-refractivity contribution in [2.45, 2.75) is 10.9 Å². The van der Waals surface area contributed by atoms with E-state index in [0.717, 1.165) is 6.26 Å². The Labute approximate surface area is 126 Å². The predicted octanol–water partition coefficient (Wildman–Crippen LogP) is -0.250. The van der Waals surface area contributed by atoms with Crippen molar-refractivity contribution in [1.82, 2.24) is 25.3 Å². The summed E-state index contributed by atoms with van der Waals surface area (Å²) in [6.45, 7) is 0.939. The first-order valence-corrected chi connectivity index (χ1v) is 8.49. The molecule has 1 saturated heterocycles. The Morgan fingerprint density at radius 2 is 2.23 bits per heavy atom. The number of nitrogens with zero attached hydrogens (tertiary/aromatic N) is 3. The molecule has 1 fully saturated rings. The third-order valence-corrected chi connectivity index (χ3v) is 4.61. The van der Waals surface area contributed by atoms with Gasteiger partial charge in [0, 0.05) is 19.0 Å². The first kappa shape index (κ1) is 14.7. The van der Waals surface area contributed by atoms with Crippen molar-refractivity contribution in [2.75, 3.05) is 26.0 Å². The summed E-state index contributed by atoms with van der Waals surface area (Å²) < 4.78 is 29.1. The molecule has 1 aliphatic heterocycles. The quantitative estimate of drug-likeness (QED) is 0.802. The van der Waals surface area contributed by atoms with Crippen LogP contribution in [-0.2, 0) is 14.6 Å². The van der Waals surface area contributed by atoms with Gasteiger partial charge in [0.15, 0.2) is 9.84 Å². The van der Waals surface area contributed by atoms with Crippen LogP contribution in [0.5, 0.6) is 0 Å². The monoisotopic (exact) mass is 325 g/mol. The van der Waals surface area contributed by atoms with E-state index in [1.165, 1.54) is 12.4 Å². The summed E-state index contributed by atoms with van der Waals surface area (Å²) in [7, 11) is -3.45. The number of H-pyrrole nitrogens is 2. The van der Waals surface area contributed by atoms with Gasteiger partial charge >= 0.3 is 0 Å². The van der Waals surface area contributed by atoms with E-state index in [1.54, 1.807) is 11.0 Å². The zero-order valence-electron chi connectivity index (χ0n) is 11.8. The van der Waals surface area contributed by atoms with Gasteiger partial charge in [0.1, 0.15) is 10.6 Å². The second kappa shape index (κ2) is 5.54. The number of aromatic nitrogens is 4. The number of carbonyl (C=O) groups is 1. The van der Waals surface area contributed by atoms with Gasteiger partial charge < -0.3 is 9.64 Å². The molecule has 9 nitrogen and oxygen atoms in total. The highest BCUT2D eigenvalue weighted by Crippen LogP contribution is 2.28. The van der Waals surface area contributed by atoms with Crippen molar-refractivity contribution in [1.29, 1.82) is 0 Å². The number of morpholine rings is 1. The second-order valence-corrected chi connectivity index (χ2v) is 6.96. The molecule has 1 amide bonds. The normalized spacial score (nSPS) is 19.3.